The first-order chi connectivity index (χ1) is 12.3. The summed E-state index contributed by atoms with van der Waals surface area (Å²) in [5.41, 5.74) is -0.379. The molecular weight excluding hydrogens is 362 g/mol. The van der Waals surface area contributed by atoms with Crippen molar-refractivity contribution in [3.05, 3.63) is 53.4 Å². The van der Waals surface area contributed by atoms with Gasteiger partial charge in [0.1, 0.15) is 22.1 Å². The van der Waals surface area contributed by atoms with Gasteiger partial charge < -0.3 is 10.2 Å². The minimum Gasteiger partial charge on any atom is -0.505 e. The first-order valence-electron chi connectivity index (χ1n) is 7.11. The van der Waals surface area contributed by atoms with Crippen molar-refractivity contribution >= 4 is 38.0 Å². The van der Waals surface area contributed by atoms with Crippen LogP contribution >= 0.6 is 0 Å². The number of hydrogen-bond acceptors (Lipinski definition) is 8. The molecule has 3 N–H and O–H groups in total. The highest BCUT2D eigenvalue weighted by molar-refractivity contribution is 7.86. The average molecular weight is 373 g/mol. The van der Waals surface area contributed by atoms with Crippen molar-refractivity contribution in [2.45, 2.75) is 4.90 Å². The van der Waals surface area contributed by atoms with Gasteiger partial charge in [0.05, 0.1) is 5.69 Å². The molecule has 0 radical (unpaired) electrons. The Kier molecular flexibility index (Phi) is 4.36. The van der Waals surface area contributed by atoms with E-state index in [1.165, 1.54) is 18.2 Å². The van der Waals surface area contributed by atoms with Crippen molar-refractivity contribution < 1.29 is 23.2 Å². The number of nitroso groups, excluding NO2 is 1. The summed E-state index contributed by atoms with van der Waals surface area (Å²) < 4.78 is 32.7. The molecule has 0 aliphatic heterocycles. The number of fused-ring (bicyclic) bond motifs is 1. The second kappa shape index (κ2) is 6.50. The van der Waals surface area contributed by atoms with Crippen LogP contribution in [-0.4, -0.2) is 23.2 Å². The number of azo groups is 1. The van der Waals surface area contributed by atoms with Crippen molar-refractivity contribution in [1.82, 2.24) is 0 Å². The second-order valence-electron chi connectivity index (χ2n) is 5.23. The van der Waals surface area contributed by atoms with Crippen LogP contribution in [-0.2, 0) is 10.1 Å². The molecule has 0 bridgehead atoms. The van der Waals surface area contributed by atoms with E-state index in [9.17, 15) is 28.1 Å². The van der Waals surface area contributed by atoms with Crippen molar-refractivity contribution in [1.29, 1.82) is 0 Å². The minimum atomic E-state index is -4.50. The first kappa shape index (κ1) is 17.5. The average Bonchev–Trinajstić information content (AvgIpc) is 2.59. The lowest BCUT2D eigenvalue weighted by Gasteiger charge is -2.06. The summed E-state index contributed by atoms with van der Waals surface area (Å²) in [6, 6.07) is 11.0. The third-order valence-electron chi connectivity index (χ3n) is 3.56. The Morgan fingerprint density at radius 1 is 0.808 bits per heavy atom. The molecule has 9 nitrogen and oxygen atoms in total. The molecule has 0 fully saturated rings. The molecule has 10 heteroatoms. The Balaban J connectivity index is 2.19. The lowest BCUT2D eigenvalue weighted by atomic mass is 10.1. The molecule has 0 unspecified atom stereocenters. The van der Waals surface area contributed by atoms with Crippen molar-refractivity contribution in [2.24, 2.45) is 15.4 Å². The van der Waals surface area contributed by atoms with Crippen LogP contribution in [0, 0.1) is 4.91 Å². The van der Waals surface area contributed by atoms with Gasteiger partial charge in [0, 0.05) is 17.5 Å². The van der Waals surface area contributed by atoms with E-state index < -0.39 is 21.6 Å². The van der Waals surface area contributed by atoms with E-state index in [-0.39, 0.29) is 27.3 Å². The number of rotatable bonds is 4. The lowest BCUT2D eigenvalue weighted by molar-refractivity contribution is 0.452. The lowest BCUT2D eigenvalue weighted by Crippen LogP contribution is -1.98. The number of phenols is 2. The number of aromatic hydroxyl groups is 2. The van der Waals surface area contributed by atoms with E-state index in [0.29, 0.717) is 5.39 Å². The topological polar surface area (TPSA) is 149 Å². The smallest absolute Gasteiger partial charge is 0.295 e. The van der Waals surface area contributed by atoms with E-state index in [2.05, 4.69) is 15.4 Å². The Bertz CT molecular complexity index is 1150. The van der Waals surface area contributed by atoms with Crippen LogP contribution in [0.5, 0.6) is 11.5 Å². The van der Waals surface area contributed by atoms with E-state index >= 15 is 0 Å². The van der Waals surface area contributed by atoms with Crippen LogP contribution < -0.4 is 0 Å². The fourth-order valence-corrected chi connectivity index (χ4v) is 3.13. The van der Waals surface area contributed by atoms with Gasteiger partial charge in [-0.15, -0.1) is 15.1 Å². The monoisotopic (exact) mass is 373 g/mol. The van der Waals surface area contributed by atoms with Gasteiger partial charge in [0.15, 0.2) is 5.69 Å². The van der Waals surface area contributed by atoms with Crippen LogP contribution in [0.15, 0.2) is 68.8 Å². The molecule has 0 aromatic heterocycles. The molecule has 0 saturated carbocycles. The number of nitrogens with zero attached hydrogens (tertiary/aromatic N) is 3. The third kappa shape index (κ3) is 3.23. The Morgan fingerprint density at radius 2 is 1.42 bits per heavy atom. The van der Waals surface area contributed by atoms with Gasteiger partial charge in [-0.3, -0.25) is 4.55 Å². The number of benzene rings is 3. The Morgan fingerprint density at radius 3 is 2.08 bits per heavy atom. The molecule has 132 valence electrons. The maximum atomic E-state index is 11.6. The highest BCUT2D eigenvalue weighted by Gasteiger charge is 2.16. The maximum Gasteiger partial charge on any atom is 0.295 e. The predicted molar refractivity (Wildman–Crippen MR) is 93.2 cm³/mol. The van der Waals surface area contributed by atoms with E-state index in [1.54, 1.807) is 18.2 Å². The molecule has 0 atom stereocenters. The Hall–Kier alpha value is -3.37. The molecule has 0 spiro atoms. The molecule has 3 aromatic rings. The normalized spacial score (nSPS) is 11.9. The zero-order chi connectivity index (χ0) is 18.9. The van der Waals surface area contributed by atoms with Gasteiger partial charge >= 0.3 is 0 Å². The van der Waals surface area contributed by atoms with Crippen LogP contribution in [0.4, 0.5) is 17.1 Å². The van der Waals surface area contributed by atoms with E-state index in [1.807, 2.05) is 0 Å². The van der Waals surface area contributed by atoms with Crippen molar-refractivity contribution in [3.63, 3.8) is 0 Å². The molecule has 26 heavy (non-hydrogen) atoms. The summed E-state index contributed by atoms with van der Waals surface area (Å²) in [5.74, 6) is -0.968. The number of phenolic OH excluding ortho intramolecular Hbond substituents is 2. The summed E-state index contributed by atoms with van der Waals surface area (Å²) in [6.07, 6.45) is 0. The third-order valence-corrected chi connectivity index (χ3v) is 4.45. The number of hydrogen-bond donors (Lipinski definition) is 3. The van der Waals surface area contributed by atoms with Gasteiger partial charge in [-0.1, -0.05) is 24.3 Å². The SMILES string of the molecule is O=Nc1cc(/N=N/c2cccc3cccc(S(=O)(=O)O)c23)c(O)cc1O. The molecule has 3 aromatic carbocycles. The summed E-state index contributed by atoms with van der Waals surface area (Å²) in [5, 5.41) is 30.2. The molecular formula is C16H11N3O6S. The van der Waals surface area contributed by atoms with Crippen LogP contribution in [0.25, 0.3) is 10.8 Å². The largest absolute Gasteiger partial charge is 0.505 e. The molecule has 0 aliphatic carbocycles. The first-order valence-corrected chi connectivity index (χ1v) is 8.55. The van der Waals surface area contributed by atoms with Crippen molar-refractivity contribution in [3.8, 4) is 11.5 Å². The molecule has 0 saturated heterocycles. The zero-order valence-corrected chi connectivity index (χ0v) is 13.8. The van der Waals surface area contributed by atoms with E-state index in [0.717, 1.165) is 12.1 Å². The highest BCUT2D eigenvalue weighted by Crippen LogP contribution is 2.39. The van der Waals surface area contributed by atoms with Gasteiger partial charge in [-0.25, -0.2) is 0 Å². The zero-order valence-electron chi connectivity index (χ0n) is 12.9. The summed E-state index contributed by atoms with van der Waals surface area (Å²) >= 11 is 0. The van der Waals surface area contributed by atoms with Gasteiger partial charge in [-0.2, -0.15) is 8.42 Å². The van der Waals surface area contributed by atoms with Gasteiger partial charge in [0.25, 0.3) is 10.1 Å². The summed E-state index contributed by atoms with van der Waals surface area (Å²) in [6.45, 7) is 0. The fourth-order valence-electron chi connectivity index (χ4n) is 2.40. The van der Waals surface area contributed by atoms with Crippen LogP contribution in [0.1, 0.15) is 0 Å². The molecule has 0 heterocycles. The molecule has 0 aliphatic rings. The minimum absolute atomic E-state index is 0.115. The highest BCUT2D eigenvalue weighted by atomic mass is 32.2. The quantitative estimate of drug-likeness (QED) is 0.352. The van der Waals surface area contributed by atoms with Gasteiger partial charge in [-0.05, 0) is 22.7 Å². The standard InChI is InChI=1S/C16H11N3O6S/c20-13-8-14(21)12(19-22)7-11(13)18-17-10-5-1-3-9-4-2-6-15(16(9)10)26(23,24)25/h1-8,20-21H,(H,23,24,25)/b18-17+. The van der Waals surface area contributed by atoms with Crippen LogP contribution in [0.2, 0.25) is 0 Å². The second-order valence-corrected chi connectivity index (χ2v) is 6.62. The maximum absolute atomic E-state index is 11.6. The summed E-state index contributed by atoms with van der Waals surface area (Å²) in [7, 11) is -4.50. The predicted octanol–water partition coefficient (Wildman–Crippen LogP) is 4.31. The van der Waals surface area contributed by atoms with Crippen molar-refractivity contribution in [2.75, 3.05) is 0 Å². The summed E-state index contributed by atoms with van der Waals surface area (Å²) in [4.78, 5) is 10.3. The molecule has 0 amide bonds. The Labute approximate surface area is 147 Å². The fraction of sp³-hybridized carbons (Fsp3) is 0. The van der Waals surface area contributed by atoms with Gasteiger partial charge in [0.2, 0.25) is 0 Å². The molecule has 3 rings (SSSR count). The van der Waals surface area contributed by atoms with E-state index in [4.69, 9.17) is 0 Å². The van der Waals surface area contributed by atoms with Crippen LogP contribution in [0.3, 0.4) is 0 Å².